The van der Waals surface area contributed by atoms with E-state index in [0.717, 1.165) is 75.7 Å². The van der Waals surface area contributed by atoms with Crippen molar-refractivity contribution in [3.05, 3.63) is 29.6 Å². The SMILES string of the molecule is CCCOC(=O)NC1CCCCC(N2CCC3(CC2)CN(C(=O)O[C@@H]2CCOC2)c2ccc(F)cc23)C1. The van der Waals surface area contributed by atoms with Crippen LogP contribution >= 0.6 is 0 Å². The summed E-state index contributed by atoms with van der Waals surface area (Å²) in [5.41, 5.74) is 1.42. The molecule has 1 aromatic rings. The molecule has 2 unspecified atom stereocenters. The molecule has 4 aliphatic rings. The molecule has 5 rings (SSSR count). The molecule has 3 atom stereocenters. The van der Waals surface area contributed by atoms with Crippen LogP contribution in [0.2, 0.25) is 0 Å². The number of hydrogen-bond acceptors (Lipinski definition) is 6. The van der Waals surface area contributed by atoms with Crippen LogP contribution in [0.15, 0.2) is 18.2 Å². The van der Waals surface area contributed by atoms with Gasteiger partial charge < -0.3 is 24.4 Å². The van der Waals surface area contributed by atoms with Gasteiger partial charge in [0.25, 0.3) is 0 Å². The zero-order valence-electron chi connectivity index (χ0n) is 21.9. The van der Waals surface area contributed by atoms with Crippen LogP contribution in [0.4, 0.5) is 19.7 Å². The highest BCUT2D eigenvalue weighted by Crippen LogP contribution is 2.48. The molecule has 8 nitrogen and oxygen atoms in total. The summed E-state index contributed by atoms with van der Waals surface area (Å²) < 4.78 is 30.7. The highest BCUT2D eigenvalue weighted by Gasteiger charge is 2.48. The second kappa shape index (κ2) is 11.6. The Morgan fingerprint density at radius 2 is 2.00 bits per heavy atom. The van der Waals surface area contributed by atoms with Gasteiger partial charge in [0.05, 0.1) is 25.5 Å². The van der Waals surface area contributed by atoms with Gasteiger partial charge in [-0.1, -0.05) is 19.8 Å². The van der Waals surface area contributed by atoms with Gasteiger partial charge in [-0.25, -0.2) is 14.0 Å². The van der Waals surface area contributed by atoms with E-state index < -0.39 is 0 Å². The van der Waals surface area contributed by atoms with Crippen molar-refractivity contribution in [2.75, 3.05) is 44.4 Å². The van der Waals surface area contributed by atoms with Crippen molar-refractivity contribution in [2.24, 2.45) is 0 Å². The molecule has 0 bridgehead atoms. The topological polar surface area (TPSA) is 80.3 Å². The van der Waals surface area contributed by atoms with Crippen molar-refractivity contribution in [1.82, 2.24) is 10.2 Å². The largest absolute Gasteiger partial charge is 0.450 e. The van der Waals surface area contributed by atoms with E-state index in [9.17, 15) is 14.0 Å². The third kappa shape index (κ3) is 5.87. The fourth-order valence-electron chi connectivity index (χ4n) is 6.56. The summed E-state index contributed by atoms with van der Waals surface area (Å²) in [6, 6.07) is 5.28. The van der Waals surface area contributed by atoms with E-state index in [2.05, 4.69) is 10.2 Å². The summed E-state index contributed by atoms with van der Waals surface area (Å²) in [6.45, 7) is 5.75. The number of anilines is 1. The highest BCUT2D eigenvalue weighted by molar-refractivity contribution is 5.91. The average molecular weight is 518 g/mol. The predicted octanol–water partition coefficient (Wildman–Crippen LogP) is 4.74. The van der Waals surface area contributed by atoms with E-state index in [0.29, 0.717) is 38.8 Å². The summed E-state index contributed by atoms with van der Waals surface area (Å²) in [4.78, 5) is 29.5. The molecule has 1 aromatic carbocycles. The Hall–Kier alpha value is -2.39. The molecule has 3 heterocycles. The Morgan fingerprint density at radius 3 is 2.76 bits per heavy atom. The molecule has 204 valence electrons. The number of halogens is 1. The first kappa shape index (κ1) is 26.2. The van der Waals surface area contributed by atoms with Crippen molar-refractivity contribution in [2.45, 2.75) is 88.3 Å². The molecular weight excluding hydrogens is 477 g/mol. The molecule has 2 amide bonds. The molecule has 1 N–H and O–H groups in total. The van der Waals surface area contributed by atoms with Crippen molar-refractivity contribution in [3.63, 3.8) is 0 Å². The number of hydrogen-bond donors (Lipinski definition) is 1. The lowest BCUT2D eigenvalue weighted by Crippen LogP contribution is -2.50. The molecule has 37 heavy (non-hydrogen) atoms. The third-order valence-electron chi connectivity index (χ3n) is 8.58. The fraction of sp³-hybridized carbons (Fsp3) is 0.714. The quantitative estimate of drug-likeness (QED) is 0.569. The maximum Gasteiger partial charge on any atom is 0.414 e. The van der Waals surface area contributed by atoms with Gasteiger partial charge in [0.1, 0.15) is 11.9 Å². The van der Waals surface area contributed by atoms with E-state index in [1.165, 1.54) is 6.07 Å². The Balaban J connectivity index is 1.24. The summed E-state index contributed by atoms with van der Waals surface area (Å²) >= 11 is 0. The molecule has 3 fully saturated rings. The number of alkyl carbamates (subject to hydrolysis) is 1. The number of fused-ring (bicyclic) bond motifs is 2. The molecule has 1 spiro atoms. The zero-order chi connectivity index (χ0) is 25.8. The Labute approximate surface area is 218 Å². The highest BCUT2D eigenvalue weighted by atomic mass is 19.1. The van der Waals surface area contributed by atoms with Crippen molar-refractivity contribution in [3.8, 4) is 0 Å². The molecule has 2 saturated heterocycles. The first-order chi connectivity index (χ1) is 18.0. The van der Waals surface area contributed by atoms with Gasteiger partial charge in [0.2, 0.25) is 0 Å². The minimum Gasteiger partial charge on any atom is -0.450 e. The van der Waals surface area contributed by atoms with E-state index in [-0.39, 0.29) is 35.6 Å². The number of nitrogens with one attached hydrogen (secondary N) is 1. The first-order valence-corrected chi connectivity index (χ1v) is 14.0. The van der Waals surface area contributed by atoms with Crippen LogP contribution in [-0.4, -0.2) is 74.7 Å². The van der Waals surface area contributed by atoms with Crippen molar-refractivity contribution in [1.29, 1.82) is 0 Å². The molecule has 9 heteroatoms. The zero-order valence-corrected chi connectivity index (χ0v) is 21.9. The van der Waals surface area contributed by atoms with Crippen molar-refractivity contribution < 1.29 is 28.2 Å². The Bertz CT molecular complexity index is 961. The van der Waals surface area contributed by atoms with E-state index >= 15 is 0 Å². The Morgan fingerprint density at radius 1 is 1.19 bits per heavy atom. The molecule has 3 aliphatic heterocycles. The summed E-state index contributed by atoms with van der Waals surface area (Å²) in [5, 5.41) is 3.08. The maximum atomic E-state index is 14.4. The van der Waals surface area contributed by atoms with E-state index in [1.807, 2.05) is 6.92 Å². The lowest BCUT2D eigenvalue weighted by atomic mass is 9.74. The van der Waals surface area contributed by atoms with Crippen LogP contribution in [0.1, 0.15) is 70.3 Å². The van der Waals surface area contributed by atoms with Gasteiger partial charge >= 0.3 is 12.2 Å². The van der Waals surface area contributed by atoms with Crippen molar-refractivity contribution >= 4 is 17.9 Å². The van der Waals surface area contributed by atoms with Gasteiger partial charge in [-0.15, -0.1) is 0 Å². The molecule has 1 saturated carbocycles. The van der Waals surface area contributed by atoms with E-state index in [1.54, 1.807) is 17.0 Å². The molecular formula is C28H40FN3O5. The number of amides is 2. The second-order valence-electron chi connectivity index (χ2n) is 11.1. The Kier molecular flexibility index (Phi) is 8.19. The standard InChI is InChI=1S/C28H40FN3O5/c1-2-14-36-26(33)30-21-5-3-4-6-22(17-21)31-12-10-28(11-13-31)19-32(25-8-7-20(29)16-24(25)28)27(34)37-23-9-15-35-18-23/h7-8,16,21-23H,2-6,9-15,17-19H2,1H3,(H,30,33)/t21?,22?,23-/m1/s1. The van der Waals surface area contributed by atoms with Crippen LogP contribution in [0.25, 0.3) is 0 Å². The number of carbonyl (C=O) groups is 2. The first-order valence-electron chi connectivity index (χ1n) is 14.0. The van der Waals surface area contributed by atoms with E-state index in [4.69, 9.17) is 14.2 Å². The van der Waals surface area contributed by atoms with Crippen LogP contribution in [0.5, 0.6) is 0 Å². The third-order valence-corrected chi connectivity index (χ3v) is 8.58. The summed E-state index contributed by atoms with van der Waals surface area (Å²) in [7, 11) is 0. The summed E-state index contributed by atoms with van der Waals surface area (Å²) in [5.74, 6) is -0.271. The lowest BCUT2D eigenvalue weighted by Gasteiger charge is -2.43. The number of likely N-dealkylation sites (tertiary alicyclic amines) is 1. The van der Waals surface area contributed by atoms with Gasteiger partial charge in [0, 0.05) is 30.5 Å². The maximum absolute atomic E-state index is 14.4. The number of rotatable bonds is 5. The van der Waals surface area contributed by atoms with Crippen LogP contribution < -0.4 is 10.2 Å². The minimum absolute atomic E-state index is 0.124. The number of piperidine rings is 1. The molecule has 0 aromatic heterocycles. The second-order valence-corrected chi connectivity index (χ2v) is 11.1. The number of carbonyl (C=O) groups excluding carboxylic acids is 2. The van der Waals surface area contributed by atoms with Crippen LogP contribution in [0, 0.1) is 5.82 Å². The fourth-order valence-corrected chi connectivity index (χ4v) is 6.56. The molecule has 1 aliphatic carbocycles. The monoisotopic (exact) mass is 517 g/mol. The van der Waals surface area contributed by atoms with Gasteiger partial charge in [-0.3, -0.25) is 4.90 Å². The number of nitrogens with zero attached hydrogens (tertiary/aromatic N) is 2. The lowest BCUT2D eigenvalue weighted by molar-refractivity contribution is 0.0842. The van der Waals surface area contributed by atoms with Crippen LogP contribution in [-0.2, 0) is 19.6 Å². The van der Waals surface area contributed by atoms with Crippen LogP contribution in [0.3, 0.4) is 0 Å². The van der Waals surface area contributed by atoms with Gasteiger partial charge in [-0.05, 0) is 75.4 Å². The predicted molar refractivity (Wildman–Crippen MR) is 137 cm³/mol. The molecule has 0 radical (unpaired) electrons. The van der Waals surface area contributed by atoms with Gasteiger partial charge in [-0.2, -0.15) is 0 Å². The smallest absolute Gasteiger partial charge is 0.414 e. The number of ether oxygens (including phenoxy) is 3. The van der Waals surface area contributed by atoms with Gasteiger partial charge in [0.15, 0.2) is 0 Å². The minimum atomic E-state index is -0.365. The average Bonchev–Trinajstić information content (AvgIpc) is 3.43. The normalized spacial score (nSPS) is 27.5. The summed E-state index contributed by atoms with van der Waals surface area (Å²) in [6.07, 6.45) is 7.59. The number of benzene rings is 1.